The third-order valence-corrected chi connectivity index (χ3v) is 8.58. The molecule has 0 amide bonds. The van der Waals surface area contributed by atoms with E-state index < -0.39 is 0 Å². The molecule has 2 N–H and O–H groups in total. The Balaban J connectivity index is 1.68. The predicted molar refractivity (Wildman–Crippen MR) is 93.3 cm³/mol. The second-order valence-corrected chi connectivity index (χ2v) is 9.33. The van der Waals surface area contributed by atoms with Crippen molar-refractivity contribution < 1.29 is 15.0 Å². The number of carbonyl (C=O) groups excluding carboxylic acids is 1. The minimum absolute atomic E-state index is 0.0693. The maximum atomic E-state index is 12.2. The van der Waals surface area contributed by atoms with Crippen molar-refractivity contribution in [3.05, 3.63) is 11.6 Å². The van der Waals surface area contributed by atoms with Crippen LogP contribution in [0.3, 0.4) is 0 Å². The van der Waals surface area contributed by atoms with Crippen LogP contribution in [-0.2, 0) is 4.79 Å². The molecule has 0 heterocycles. The third-order valence-electron chi connectivity index (χ3n) is 8.58. The Hall–Kier alpha value is -0.670. The zero-order valence-electron chi connectivity index (χ0n) is 15.1. The van der Waals surface area contributed by atoms with Gasteiger partial charge in [-0.1, -0.05) is 18.6 Å². The molecule has 0 bridgehead atoms. The second-order valence-electron chi connectivity index (χ2n) is 9.33. The molecule has 134 valence electrons. The van der Waals surface area contributed by atoms with Crippen molar-refractivity contribution in [3.63, 3.8) is 0 Å². The van der Waals surface area contributed by atoms with Gasteiger partial charge in [0.25, 0.3) is 0 Å². The Kier molecular flexibility index (Phi) is 3.96. The van der Waals surface area contributed by atoms with Crippen LogP contribution in [0.2, 0.25) is 0 Å². The van der Waals surface area contributed by atoms with Gasteiger partial charge in [0.2, 0.25) is 0 Å². The van der Waals surface area contributed by atoms with Gasteiger partial charge in [0.05, 0.1) is 6.10 Å². The van der Waals surface area contributed by atoms with Crippen LogP contribution in [0.5, 0.6) is 0 Å². The number of allylic oxidation sites excluding steroid dienone is 1. The lowest BCUT2D eigenvalue weighted by Gasteiger charge is -2.58. The highest BCUT2D eigenvalue weighted by atomic mass is 16.3. The fraction of sp³-hybridized carbons (Fsp3) is 0.857. The molecular formula is C21H32O3. The number of hydrogen-bond acceptors (Lipinski definition) is 3. The van der Waals surface area contributed by atoms with Crippen LogP contribution in [-0.4, -0.2) is 28.7 Å². The van der Waals surface area contributed by atoms with E-state index in [9.17, 15) is 15.0 Å². The van der Waals surface area contributed by atoms with Gasteiger partial charge in [-0.25, -0.2) is 0 Å². The molecule has 4 aliphatic rings. The van der Waals surface area contributed by atoms with Gasteiger partial charge in [-0.3, -0.25) is 4.79 Å². The Morgan fingerprint density at radius 2 is 2.00 bits per heavy atom. The molecule has 3 nitrogen and oxygen atoms in total. The SMILES string of the molecule is CC(=O)[C@H]1CC[C@H]2[C@@H]3CC=C4CC(O)CC[C@]4(C)[C@H]3CC[C@]12CO. The summed E-state index contributed by atoms with van der Waals surface area (Å²) in [5.41, 5.74) is 1.57. The Morgan fingerprint density at radius 3 is 2.71 bits per heavy atom. The molecule has 0 spiro atoms. The van der Waals surface area contributed by atoms with Crippen LogP contribution in [0.15, 0.2) is 11.6 Å². The predicted octanol–water partition coefficient (Wildman–Crippen LogP) is 3.49. The highest BCUT2D eigenvalue weighted by molar-refractivity contribution is 5.79. The van der Waals surface area contributed by atoms with Crippen molar-refractivity contribution in [3.8, 4) is 0 Å². The zero-order valence-corrected chi connectivity index (χ0v) is 15.1. The average molecular weight is 332 g/mol. The topological polar surface area (TPSA) is 57.5 Å². The number of ketones is 1. The monoisotopic (exact) mass is 332 g/mol. The van der Waals surface area contributed by atoms with E-state index in [2.05, 4.69) is 13.0 Å². The number of carbonyl (C=O) groups is 1. The number of rotatable bonds is 2. The number of aliphatic hydroxyl groups is 2. The molecule has 0 saturated heterocycles. The lowest BCUT2D eigenvalue weighted by atomic mass is 9.47. The van der Waals surface area contributed by atoms with E-state index in [-0.39, 0.29) is 35.2 Å². The van der Waals surface area contributed by atoms with E-state index in [4.69, 9.17) is 0 Å². The van der Waals surface area contributed by atoms with Crippen molar-refractivity contribution in [2.45, 2.75) is 71.3 Å². The van der Waals surface area contributed by atoms with E-state index in [1.165, 1.54) is 5.57 Å². The molecule has 0 aromatic heterocycles. The van der Waals surface area contributed by atoms with Crippen LogP contribution in [0.1, 0.15) is 65.2 Å². The van der Waals surface area contributed by atoms with E-state index >= 15 is 0 Å². The first-order valence-electron chi connectivity index (χ1n) is 9.91. The van der Waals surface area contributed by atoms with Crippen molar-refractivity contribution in [2.75, 3.05) is 6.61 Å². The van der Waals surface area contributed by atoms with Gasteiger partial charge in [0.15, 0.2) is 0 Å². The molecule has 3 heteroatoms. The Labute approximate surface area is 145 Å². The van der Waals surface area contributed by atoms with Gasteiger partial charge >= 0.3 is 0 Å². The minimum atomic E-state index is -0.158. The van der Waals surface area contributed by atoms with Crippen molar-refractivity contribution >= 4 is 5.78 Å². The first-order valence-corrected chi connectivity index (χ1v) is 9.91. The Morgan fingerprint density at radius 1 is 1.21 bits per heavy atom. The van der Waals surface area contributed by atoms with E-state index in [0.29, 0.717) is 17.8 Å². The van der Waals surface area contributed by atoms with Gasteiger partial charge in [-0.05, 0) is 81.5 Å². The number of Topliss-reactive ketones (excluding diaryl/α,β-unsaturated/α-hetero) is 1. The van der Waals surface area contributed by atoms with Crippen molar-refractivity contribution in [1.29, 1.82) is 0 Å². The van der Waals surface area contributed by atoms with E-state index in [1.54, 1.807) is 6.92 Å². The summed E-state index contributed by atoms with van der Waals surface area (Å²) in [6.45, 7) is 4.32. The Bertz CT molecular complexity index is 567. The summed E-state index contributed by atoms with van der Waals surface area (Å²) in [6.07, 6.45) is 10.4. The first kappa shape index (κ1) is 16.8. The smallest absolute Gasteiger partial charge is 0.133 e. The molecular weight excluding hydrogens is 300 g/mol. The average Bonchev–Trinajstić information content (AvgIpc) is 2.95. The van der Waals surface area contributed by atoms with E-state index in [1.807, 2.05) is 0 Å². The molecule has 0 aromatic rings. The molecule has 0 aliphatic heterocycles. The van der Waals surface area contributed by atoms with Crippen LogP contribution in [0.25, 0.3) is 0 Å². The standard InChI is InChI=1S/C21H32O3/c1-13(23)17-5-6-19-16-4-3-14-11-15(24)7-9-20(14,2)18(16)8-10-21(17,19)12-22/h3,15-19,22,24H,4-12H2,1-2H3/t15?,16-,17-,18+,19+,20+,21+/m1/s1. The fourth-order valence-electron chi connectivity index (χ4n) is 7.37. The van der Waals surface area contributed by atoms with E-state index in [0.717, 1.165) is 51.4 Å². The highest BCUT2D eigenvalue weighted by Gasteiger charge is 2.61. The number of fused-ring (bicyclic) bond motifs is 5. The minimum Gasteiger partial charge on any atom is -0.396 e. The summed E-state index contributed by atoms with van der Waals surface area (Å²) in [6, 6.07) is 0. The van der Waals surface area contributed by atoms with Crippen molar-refractivity contribution in [2.24, 2.45) is 34.5 Å². The van der Waals surface area contributed by atoms with Gasteiger partial charge in [-0.2, -0.15) is 0 Å². The number of hydrogen-bond donors (Lipinski definition) is 2. The molecule has 7 atom stereocenters. The molecule has 4 aliphatic carbocycles. The summed E-state index contributed by atoms with van der Waals surface area (Å²) in [5.74, 6) is 2.13. The molecule has 0 aromatic carbocycles. The van der Waals surface area contributed by atoms with Gasteiger partial charge < -0.3 is 10.2 Å². The van der Waals surface area contributed by atoms with Crippen LogP contribution in [0.4, 0.5) is 0 Å². The van der Waals surface area contributed by atoms with Gasteiger partial charge in [-0.15, -0.1) is 0 Å². The lowest BCUT2D eigenvalue weighted by Crippen LogP contribution is -2.53. The summed E-state index contributed by atoms with van der Waals surface area (Å²) in [4.78, 5) is 12.2. The third kappa shape index (κ3) is 2.13. The summed E-state index contributed by atoms with van der Waals surface area (Å²) < 4.78 is 0. The maximum Gasteiger partial charge on any atom is 0.133 e. The maximum absolute atomic E-state index is 12.2. The largest absolute Gasteiger partial charge is 0.396 e. The highest BCUT2D eigenvalue weighted by Crippen LogP contribution is 2.66. The number of aliphatic hydroxyl groups excluding tert-OH is 2. The normalized spacial score (nSPS) is 50.5. The van der Waals surface area contributed by atoms with Gasteiger partial charge in [0.1, 0.15) is 5.78 Å². The molecule has 4 rings (SSSR count). The fourth-order valence-corrected chi connectivity index (χ4v) is 7.37. The molecule has 24 heavy (non-hydrogen) atoms. The van der Waals surface area contributed by atoms with Crippen LogP contribution < -0.4 is 0 Å². The molecule has 3 saturated carbocycles. The summed E-state index contributed by atoms with van der Waals surface area (Å²) in [5, 5.41) is 20.4. The van der Waals surface area contributed by atoms with Crippen LogP contribution in [0, 0.1) is 34.5 Å². The summed E-state index contributed by atoms with van der Waals surface area (Å²) in [7, 11) is 0. The quantitative estimate of drug-likeness (QED) is 0.761. The summed E-state index contributed by atoms with van der Waals surface area (Å²) >= 11 is 0. The molecule has 1 unspecified atom stereocenters. The zero-order chi connectivity index (χ0) is 17.1. The first-order chi connectivity index (χ1) is 11.4. The van der Waals surface area contributed by atoms with Gasteiger partial charge in [0, 0.05) is 17.9 Å². The molecule has 0 radical (unpaired) electrons. The van der Waals surface area contributed by atoms with Crippen LogP contribution >= 0.6 is 0 Å². The van der Waals surface area contributed by atoms with Crippen molar-refractivity contribution in [1.82, 2.24) is 0 Å². The molecule has 3 fully saturated rings. The second kappa shape index (κ2) is 5.67. The lowest BCUT2D eigenvalue weighted by molar-refractivity contribution is -0.132.